The molecule has 0 heterocycles. The molecule has 0 aliphatic heterocycles. The fourth-order valence-corrected chi connectivity index (χ4v) is 0.348. The largest absolute Gasteiger partial charge is 0.389 e. The van der Waals surface area contributed by atoms with Crippen molar-refractivity contribution in [1.29, 1.82) is 0 Å². The van der Waals surface area contributed by atoms with Gasteiger partial charge in [0.25, 0.3) is 0 Å². The first-order valence-corrected chi connectivity index (χ1v) is 2.97. The smallest absolute Gasteiger partial charge is 0.127 e. The van der Waals surface area contributed by atoms with E-state index in [1.54, 1.807) is 14.0 Å². The average molecular weight is 141 g/mol. The van der Waals surface area contributed by atoms with E-state index in [9.17, 15) is 4.39 Å². The van der Waals surface area contributed by atoms with Crippen LogP contribution in [0.2, 0.25) is 0 Å². The van der Waals surface area contributed by atoms with Gasteiger partial charge in [-0.2, -0.15) is 0 Å². The summed E-state index contributed by atoms with van der Waals surface area (Å²) in [5.74, 6) is -0.334. The summed E-state index contributed by atoms with van der Waals surface area (Å²) in [4.78, 5) is 0. The summed E-state index contributed by atoms with van der Waals surface area (Å²) < 4.78 is 12.6. The lowest BCUT2D eigenvalue weighted by atomic mass is 10.2. The van der Waals surface area contributed by atoms with Gasteiger partial charge in [0, 0.05) is 12.7 Å². The van der Waals surface area contributed by atoms with E-state index in [4.69, 9.17) is 0 Å². The Bertz CT molecular complexity index is 180. The van der Waals surface area contributed by atoms with Crippen molar-refractivity contribution in [2.45, 2.75) is 6.92 Å². The Labute approximate surface area is 60.9 Å². The van der Waals surface area contributed by atoms with Crippen LogP contribution in [-0.2, 0) is 0 Å². The molecular weight excluding hydrogens is 129 g/mol. The highest BCUT2D eigenvalue weighted by Crippen LogP contribution is 2.08. The Hall–Kier alpha value is -1.05. The van der Waals surface area contributed by atoms with Crippen molar-refractivity contribution in [2.75, 3.05) is 7.05 Å². The van der Waals surface area contributed by atoms with Gasteiger partial charge in [0.05, 0.1) is 0 Å². The van der Waals surface area contributed by atoms with Crippen molar-refractivity contribution in [1.82, 2.24) is 5.32 Å². The summed E-state index contributed by atoms with van der Waals surface area (Å²) in [7, 11) is 1.69. The minimum atomic E-state index is -0.334. The molecule has 0 atom stereocenters. The normalized spacial score (nSPS) is 10.9. The summed E-state index contributed by atoms with van der Waals surface area (Å²) >= 11 is 0. The van der Waals surface area contributed by atoms with Crippen LogP contribution in [0.25, 0.3) is 0 Å². The van der Waals surface area contributed by atoms with Crippen molar-refractivity contribution in [3.63, 3.8) is 0 Å². The highest BCUT2D eigenvalue weighted by Gasteiger charge is 1.93. The van der Waals surface area contributed by atoms with E-state index in [-0.39, 0.29) is 5.83 Å². The van der Waals surface area contributed by atoms with E-state index in [1.165, 1.54) is 6.08 Å². The number of likely N-dealkylation sites (N-methyl/N-ethyl adjacent to an activating group) is 1. The molecule has 0 spiro atoms. The molecule has 0 bridgehead atoms. The Morgan fingerprint density at radius 2 is 2.00 bits per heavy atom. The zero-order valence-corrected chi connectivity index (χ0v) is 6.37. The number of halogens is 1. The molecule has 1 N–H and O–H groups in total. The van der Waals surface area contributed by atoms with E-state index in [0.717, 1.165) is 0 Å². The topological polar surface area (TPSA) is 12.0 Å². The highest BCUT2D eigenvalue weighted by atomic mass is 19.1. The quantitative estimate of drug-likeness (QED) is 0.594. The molecule has 0 saturated heterocycles. The summed E-state index contributed by atoms with van der Waals surface area (Å²) in [6.07, 6.45) is 1.31. The number of hydrogen-bond donors (Lipinski definition) is 1. The Morgan fingerprint density at radius 1 is 1.50 bits per heavy atom. The van der Waals surface area contributed by atoms with E-state index < -0.39 is 0 Å². The molecule has 0 aromatic rings. The summed E-state index contributed by atoms with van der Waals surface area (Å²) in [5, 5.41) is 2.70. The van der Waals surface area contributed by atoms with Gasteiger partial charge < -0.3 is 5.32 Å². The zero-order chi connectivity index (χ0) is 8.15. The van der Waals surface area contributed by atoms with Crippen LogP contribution < -0.4 is 5.32 Å². The minimum absolute atomic E-state index is 0.334. The highest BCUT2D eigenvalue weighted by molar-refractivity contribution is 5.27. The molecule has 1 nitrogen and oxygen atoms in total. The van der Waals surface area contributed by atoms with Crippen molar-refractivity contribution in [2.24, 2.45) is 0 Å². The molecule has 0 aliphatic rings. The number of nitrogens with one attached hydrogen (secondary N) is 1. The molecular formula is C8H12FN. The van der Waals surface area contributed by atoms with Gasteiger partial charge >= 0.3 is 0 Å². The van der Waals surface area contributed by atoms with Gasteiger partial charge in [-0.15, -0.1) is 0 Å². The van der Waals surface area contributed by atoms with Crippen LogP contribution in [0.4, 0.5) is 4.39 Å². The molecule has 2 heteroatoms. The van der Waals surface area contributed by atoms with Gasteiger partial charge in [-0.05, 0) is 18.6 Å². The van der Waals surface area contributed by atoms with E-state index >= 15 is 0 Å². The molecule has 10 heavy (non-hydrogen) atoms. The fourth-order valence-electron chi connectivity index (χ4n) is 0.348. The first kappa shape index (κ1) is 8.95. The van der Waals surface area contributed by atoms with Crippen LogP contribution in [0.3, 0.4) is 0 Å². The van der Waals surface area contributed by atoms with E-state index in [1.807, 2.05) is 0 Å². The maximum absolute atomic E-state index is 12.6. The first-order chi connectivity index (χ1) is 4.57. The Kier molecular flexibility index (Phi) is 3.47. The van der Waals surface area contributed by atoms with Crippen LogP contribution >= 0.6 is 0 Å². The number of rotatable bonds is 3. The number of allylic oxidation sites excluding steroid dienone is 3. The number of hydrogen-bond acceptors (Lipinski definition) is 1. The van der Waals surface area contributed by atoms with Gasteiger partial charge in [0.15, 0.2) is 0 Å². The molecule has 0 radical (unpaired) electrons. The lowest BCUT2D eigenvalue weighted by molar-refractivity contribution is 0.650. The second-order valence-electron chi connectivity index (χ2n) is 2.05. The van der Waals surface area contributed by atoms with Gasteiger partial charge in [-0.1, -0.05) is 13.2 Å². The average Bonchev–Trinajstić information content (AvgIpc) is 1.87. The lowest BCUT2D eigenvalue weighted by Gasteiger charge is -1.97. The van der Waals surface area contributed by atoms with Crippen molar-refractivity contribution in [3.05, 3.63) is 36.3 Å². The predicted octanol–water partition coefficient (Wildman–Crippen LogP) is 2.15. The summed E-state index contributed by atoms with van der Waals surface area (Å²) in [5.41, 5.74) is 0.955. The molecule has 0 fully saturated rings. The first-order valence-electron chi connectivity index (χ1n) is 2.97. The standard InChI is InChI=1S/C8H12FN/c1-6(2)8(9)5-7(3)10-4/h5,10H,1,3H2,2,4H3/b8-5+. The monoisotopic (exact) mass is 141 g/mol. The molecule has 0 saturated carbocycles. The maximum atomic E-state index is 12.6. The third kappa shape index (κ3) is 3.07. The predicted molar refractivity (Wildman–Crippen MR) is 42.2 cm³/mol. The molecule has 0 aromatic carbocycles. The Morgan fingerprint density at radius 3 is 2.30 bits per heavy atom. The van der Waals surface area contributed by atoms with Gasteiger partial charge in [0.1, 0.15) is 5.83 Å². The Balaban J connectivity index is 4.16. The van der Waals surface area contributed by atoms with Crippen molar-refractivity contribution >= 4 is 0 Å². The van der Waals surface area contributed by atoms with Crippen LogP contribution in [0, 0.1) is 0 Å². The third-order valence-corrected chi connectivity index (χ3v) is 1.03. The summed E-state index contributed by atoms with van der Waals surface area (Å²) in [6, 6.07) is 0. The van der Waals surface area contributed by atoms with Crippen LogP contribution in [0.5, 0.6) is 0 Å². The van der Waals surface area contributed by atoms with Gasteiger partial charge in [-0.3, -0.25) is 0 Å². The fraction of sp³-hybridized carbons (Fsp3) is 0.250. The maximum Gasteiger partial charge on any atom is 0.127 e. The van der Waals surface area contributed by atoms with Crippen molar-refractivity contribution < 1.29 is 4.39 Å². The van der Waals surface area contributed by atoms with E-state index in [0.29, 0.717) is 11.3 Å². The second kappa shape index (κ2) is 3.88. The molecule has 0 unspecified atom stereocenters. The van der Waals surface area contributed by atoms with Crippen LogP contribution in [-0.4, -0.2) is 7.05 Å². The zero-order valence-electron chi connectivity index (χ0n) is 6.37. The van der Waals surface area contributed by atoms with Crippen molar-refractivity contribution in [3.8, 4) is 0 Å². The van der Waals surface area contributed by atoms with Crippen LogP contribution in [0.1, 0.15) is 6.92 Å². The SMILES string of the molecule is C=C(/C=C(/F)C(=C)C)NC. The molecule has 56 valence electrons. The molecule has 0 amide bonds. The van der Waals surface area contributed by atoms with Gasteiger partial charge in [-0.25, -0.2) is 4.39 Å². The molecule has 0 rings (SSSR count). The molecule has 0 aliphatic carbocycles. The third-order valence-electron chi connectivity index (χ3n) is 1.03. The summed E-state index contributed by atoms with van der Waals surface area (Å²) in [6.45, 7) is 8.56. The molecule has 0 aromatic heterocycles. The van der Waals surface area contributed by atoms with E-state index in [2.05, 4.69) is 18.5 Å². The second-order valence-corrected chi connectivity index (χ2v) is 2.05. The van der Waals surface area contributed by atoms with Gasteiger partial charge in [0.2, 0.25) is 0 Å². The lowest BCUT2D eigenvalue weighted by Crippen LogP contribution is -2.01. The minimum Gasteiger partial charge on any atom is -0.389 e. The van der Waals surface area contributed by atoms with Crippen LogP contribution in [0.15, 0.2) is 36.3 Å².